The molecule has 3 aromatic heterocycles. The average molecular weight is 980 g/mol. The maximum Gasteiger partial charge on any atom is 0.126 e. The van der Waals surface area contributed by atoms with E-state index in [-0.39, 0.29) is 0 Å². The Labute approximate surface area is 446 Å². The molecule has 0 aliphatic carbocycles. The zero-order valence-corrected chi connectivity index (χ0v) is 43.0. The fourth-order valence-electron chi connectivity index (χ4n) is 8.80. The third-order valence-corrected chi connectivity index (χ3v) is 12.1. The van der Waals surface area contributed by atoms with Crippen LogP contribution < -0.4 is 14.2 Å². The molecule has 0 aliphatic heterocycles. The minimum atomic E-state index is -0.538. The highest BCUT2D eigenvalue weighted by molar-refractivity contribution is 5.66. The SMILES string of the molecule is COc1c(C)cc(C#Cc2cccc(C#Cc3cccnc3)c2)cc1C(c1cc(C#Cc2cccc(C#Cc3cccnc3)c2)cc(C)c1OC)c1cc(C#Cc2cccc(C#Cc3cccnc3)c2)cc(C)c1OC. The molecule has 0 aliphatic rings. The smallest absolute Gasteiger partial charge is 0.126 e. The lowest BCUT2D eigenvalue weighted by Crippen LogP contribution is -2.12. The van der Waals surface area contributed by atoms with Crippen LogP contribution in [0.4, 0.5) is 0 Å². The van der Waals surface area contributed by atoms with Crippen LogP contribution in [-0.2, 0) is 0 Å². The van der Waals surface area contributed by atoms with Crippen molar-refractivity contribution in [1.29, 1.82) is 0 Å². The van der Waals surface area contributed by atoms with E-state index in [1.54, 1.807) is 58.5 Å². The number of pyridine rings is 3. The minimum Gasteiger partial charge on any atom is -0.496 e. The van der Waals surface area contributed by atoms with Crippen molar-refractivity contribution in [3.8, 4) is 88.3 Å². The van der Waals surface area contributed by atoms with Crippen LogP contribution in [0.5, 0.6) is 17.2 Å². The Kier molecular flexibility index (Phi) is 16.1. The van der Waals surface area contributed by atoms with E-state index >= 15 is 0 Å². The zero-order valence-electron chi connectivity index (χ0n) is 43.0. The predicted octanol–water partition coefficient (Wildman–Crippen LogP) is 12.4. The molecule has 0 N–H and O–H groups in total. The Morgan fingerprint density at radius 2 is 0.526 bits per heavy atom. The second-order valence-electron chi connectivity index (χ2n) is 17.6. The topological polar surface area (TPSA) is 66.4 Å². The van der Waals surface area contributed by atoms with Gasteiger partial charge in [0.2, 0.25) is 0 Å². The molecule has 3 heterocycles. The first-order valence-electron chi connectivity index (χ1n) is 24.4. The number of hydrogen-bond donors (Lipinski definition) is 0. The van der Waals surface area contributed by atoms with E-state index in [4.69, 9.17) is 14.2 Å². The van der Waals surface area contributed by atoms with Gasteiger partial charge in [0.15, 0.2) is 0 Å². The summed E-state index contributed by atoms with van der Waals surface area (Å²) in [6.07, 6.45) is 10.5. The highest BCUT2D eigenvalue weighted by Crippen LogP contribution is 2.47. The number of rotatable bonds is 6. The molecule has 0 saturated heterocycles. The Bertz CT molecular complexity index is 3600. The van der Waals surface area contributed by atoms with E-state index in [0.717, 1.165) is 100 Å². The van der Waals surface area contributed by atoms with E-state index < -0.39 is 5.92 Å². The summed E-state index contributed by atoms with van der Waals surface area (Å²) in [4.78, 5) is 12.6. The zero-order chi connectivity index (χ0) is 52.6. The molecular weight excluding hydrogens is 931 g/mol. The van der Waals surface area contributed by atoms with Gasteiger partial charge in [-0.25, -0.2) is 0 Å². The van der Waals surface area contributed by atoms with E-state index in [0.29, 0.717) is 17.2 Å². The number of aryl methyl sites for hydroxylation is 3. The van der Waals surface area contributed by atoms with Gasteiger partial charge in [0.1, 0.15) is 17.2 Å². The molecule has 0 bridgehead atoms. The molecule has 0 spiro atoms. The van der Waals surface area contributed by atoms with Crippen molar-refractivity contribution in [3.63, 3.8) is 0 Å². The lowest BCUT2D eigenvalue weighted by molar-refractivity contribution is 0.393. The predicted molar refractivity (Wildman–Crippen MR) is 302 cm³/mol. The molecule has 0 unspecified atom stereocenters. The molecule has 0 amide bonds. The first-order chi connectivity index (χ1) is 37.2. The molecule has 0 radical (unpaired) electrons. The fourth-order valence-corrected chi connectivity index (χ4v) is 8.80. The first-order valence-corrected chi connectivity index (χ1v) is 24.4. The largest absolute Gasteiger partial charge is 0.496 e. The summed E-state index contributed by atoms with van der Waals surface area (Å²) in [5, 5.41) is 0. The van der Waals surface area contributed by atoms with Gasteiger partial charge in [0.25, 0.3) is 0 Å². The maximum absolute atomic E-state index is 6.36. The van der Waals surface area contributed by atoms with Gasteiger partial charge in [0.05, 0.1) is 21.3 Å². The van der Waals surface area contributed by atoms with Crippen molar-refractivity contribution in [2.75, 3.05) is 21.3 Å². The second-order valence-corrected chi connectivity index (χ2v) is 17.6. The average Bonchev–Trinajstić information content (AvgIpc) is 3.45. The number of aromatic nitrogens is 3. The Morgan fingerprint density at radius 3 is 0.763 bits per heavy atom. The van der Waals surface area contributed by atoms with Crippen molar-refractivity contribution in [2.24, 2.45) is 0 Å². The molecule has 0 fully saturated rings. The standard InChI is InChI=1S/C70H49N3O3/c1-49-37-61(31-25-55-16-7-13-52(40-55)22-28-58-19-10-34-71-46-58)43-64(68(49)74-4)67(65-44-62(38-50(2)69(65)75-5)32-26-56-17-8-14-53(41-56)23-29-59-20-11-35-72-47-59)66-45-63(39-51(3)70(66)76-6)33-27-57-18-9-15-54(42-57)24-30-60-21-12-36-73-48-60/h7-21,34-48,67H,1-6H3. The van der Waals surface area contributed by atoms with Crippen molar-refractivity contribution >= 4 is 0 Å². The molecule has 6 nitrogen and oxygen atoms in total. The summed E-state index contributed by atoms with van der Waals surface area (Å²) in [7, 11) is 5.10. The summed E-state index contributed by atoms with van der Waals surface area (Å²) in [5.41, 5.74) is 15.2. The maximum atomic E-state index is 6.36. The van der Waals surface area contributed by atoms with Crippen LogP contribution >= 0.6 is 0 Å². The van der Waals surface area contributed by atoms with Gasteiger partial charge < -0.3 is 14.2 Å². The monoisotopic (exact) mass is 979 g/mol. The van der Waals surface area contributed by atoms with Gasteiger partial charge in [0, 0.05) is 127 Å². The van der Waals surface area contributed by atoms with E-state index in [1.165, 1.54) is 0 Å². The molecule has 76 heavy (non-hydrogen) atoms. The number of nitrogens with zero attached hydrogens (tertiary/aromatic N) is 3. The quantitative estimate of drug-likeness (QED) is 0.122. The van der Waals surface area contributed by atoms with Crippen LogP contribution in [0, 0.1) is 91.8 Å². The minimum absolute atomic E-state index is 0.538. The number of hydrogen-bond acceptors (Lipinski definition) is 6. The second kappa shape index (κ2) is 24.3. The highest BCUT2D eigenvalue weighted by Gasteiger charge is 2.30. The Morgan fingerprint density at radius 1 is 0.289 bits per heavy atom. The van der Waals surface area contributed by atoms with Crippen LogP contribution in [0.3, 0.4) is 0 Å². The number of ether oxygens (including phenoxy) is 3. The van der Waals surface area contributed by atoms with Crippen LogP contribution in [0.15, 0.2) is 183 Å². The van der Waals surface area contributed by atoms with Crippen LogP contribution in [0.1, 0.15) is 106 Å². The number of methoxy groups -OCH3 is 3. The summed E-state index contributed by atoms with van der Waals surface area (Å²) in [6.45, 7) is 6.12. The first kappa shape index (κ1) is 50.5. The van der Waals surface area contributed by atoms with Crippen LogP contribution in [-0.4, -0.2) is 36.3 Å². The number of benzene rings is 6. The van der Waals surface area contributed by atoms with Crippen molar-refractivity contribution in [2.45, 2.75) is 26.7 Å². The Balaban J connectivity index is 1.18. The van der Waals surface area contributed by atoms with E-state index in [9.17, 15) is 0 Å². The summed E-state index contributed by atoms with van der Waals surface area (Å²) in [6, 6.07) is 47.7. The van der Waals surface area contributed by atoms with Crippen LogP contribution in [0.2, 0.25) is 0 Å². The Hall–Kier alpha value is -10.5. The van der Waals surface area contributed by atoms with E-state index in [2.05, 4.69) is 122 Å². The highest BCUT2D eigenvalue weighted by atomic mass is 16.5. The molecule has 6 heteroatoms. The van der Waals surface area contributed by atoms with Gasteiger partial charge in [-0.2, -0.15) is 0 Å². The third-order valence-electron chi connectivity index (χ3n) is 12.1. The third kappa shape index (κ3) is 12.8. The molecule has 9 rings (SSSR count). The molecular formula is C70H49N3O3. The van der Waals surface area contributed by atoms with Gasteiger partial charge in [-0.1, -0.05) is 89.2 Å². The van der Waals surface area contributed by atoms with Gasteiger partial charge in [-0.3, -0.25) is 15.0 Å². The molecule has 0 saturated carbocycles. The summed E-state index contributed by atoms with van der Waals surface area (Å²) < 4.78 is 19.1. The lowest BCUT2D eigenvalue weighted by atomic mass is 9.80. The van der Waals surface area contributed by atoms with Crippen LogP contribution in [0.25, 0.3) is 0 Å². The van der Waals surface area contributed by atoms with Crippen molar-refractivity contribution < 1.29 is 14.2 Å². The summed E-state index contributed by atoms with van der Waals surface area (Å²) in [5.74, 6) is 41.6. The van der Waals surface area contributed by atoms with Gasteiger partial charge in [-0.15, -0.1) is 0 Å². The fraction of sp³-hybridized carbons (Fsp3) is 0.100. The molecule has 9 aromatic rings. The molecule has 362 valence electrons. The van der Waals surface area contributed by atoms with Crippen molar-refractivity contribution in [3.05, 3.63) is 283 Å². The van der Waals surface area contributed by atoms with Crippen molar-refractivity contribution in [1.82, 2.24) is 15.0 Å². The van der Waals surface area contributed by atoms with Gasteiger partial charge >= 0.3 is 0 Å². The van der Waals surface area contributed by atoms with E-state index in [1.807, 2.05) is 130 Å². The van der Waals surface area contributed by atoms with Gasteiger partial charge in [-0.05, 0) is 165 Å². The molecule has 0 atom stereocenters. The summed E-state index contributed by atoms with van der Waals surface area (Å²) >= 11 is 0. The molecule has 6 aromatic carbocycles. The normalized spacial score (nSPS) is 9.99. The lowest BCUT2D eigenvalue weighted by Gasteiger charge is -2.27.